The number of para-hydroxylation sites is 1. The topological polar surface area (TPSA) is 62.7 Å². The van der Waals surface area contributed by atoms with Gasteiger partial charge in [0.1, 0.15) is 5.92 Å². The number of pyridine rings is 1. The van der Waals surface area contributed by atoms with Crippen LogP contribution in [0.2, 0.25) is 5.02 Å². The van der Waals surface area contributed by atoms with Crippen molar-refractivity contribution in [3.63, 3.8) is 0 Å². The zero-order valence-corrected chi connectivity index (χ0v) is 15.9. The van der Waals surface area contributed by atoms with Crippen molar-refractivity contribution >= 4 is 34.8 Å². The van der Waals surface area contributed by atoms with E-state index in [2.05, 4.69) is 4.98 Å². The zero-order valence-electron chi connectivity index (χ0n) is 15.2. The predicted octanol–water partition coefficient (Wildman–Crippen LogP) is 3.79. The molecule has 1 aromatic heterocycles. The third kappa shape index (κ3) is 2.88. The Balaban J connectivity index is 1.59. The number of halogens is 1. The average Bonchev–Trinajstić information content (AvgIpc) is 3.26. The molecular formula is C22H16ClN3O3. The van der Waals surface area contributed by atoms with E-state index in [1.54, 1.807) is 41.7 Å². The van der Waals surface area contributed by atoms with Crippen LogP contribution in [0.4, 0.5) is 11.4 Å². The summed E-state index contributed by atoms with van der Waals surface area (Å²) in [4.78, 5) is 37.9. The maximum absolute atomic E-state index is 13.4. The van der Waals surface area contributed by atoms with Gasteiger partial charge in [-0.1, -0.05) is 35.9 Å². The summed E-state index contributed by atoms with van der Waals surface area (Å²) in [6.07, 6.45) is 2.43. The summed E-state index contributed by atoms with van der Waals surface area (Å²) in [6, 6.07) is 19.4. The molecule has 29 heavy (non-hydrogen) atoms. The van der Waals surface area contributed by atoms with Crippen LogP contribution in [0.1, 0.15) is 11.6 Å². The van der Waals surface area contributed by atoms with Gasteiger partial charge in [-0.3, -0.25) is 19.4 Å². The maximum atomic E-state index is 13.4. The lowest BCUT2D eigenvalue weighted by molar-refractivity contribution is -0.126. The number of aromatic nitrogens is 1. The van der Waals surface area contributed by atoms with Crippen LogP contribution >= 0.6 is 11.6 Å². The molecule has 0 spiro atoms. The van der Waals surface area contributed by atoms with Crippen LogP contribution in [0, 0.1) is 5.92 Å². The number of rotatable bonds is 3. The van der Waals surface area contributed by atoms with Crippen molar-refractivity contribution in [1.82, 2.24) is 4.98 Å². The Morgan fingerprint density at radius 2 is 1.59 bits per heavy atom. The second kappa shape index (κ2) is 6.99. The number of amides is 2. The first-order valence-corrected chi connectivity index (χ1v) is 9.57. The molecule has 7 heteroatoms. The third-order valence-electron chi connectivity index (χ3n) is 5.24. The minimum Gasteiger partial charge on any atom is -0.273 e. The lowest BCUT2D eigenvalue weighted by Crippen LogP contribution is -2.37. The first-order valence-electron chi connectivity index (χ1n) is 9.19. The number of carbonyl (C=O) groups is 2. The summed E-state index contributed by atoms with van der Waals surface area (Å²) in [7, 11) is 0. The highest BCUT2D eigenvalue weighted by Gasteiger charge is 2.60. The first-order chi connectivity index (χ1) is 14.1. The fraction of sp³-hybridized carbons (Fsp3) is 0.136. The molecule has 3 unspecified atom stereocenters. The van der Waals surface area contributed by atoms with Crippen molar-refractivity contribution in [2.45, 2.75) is 12.1 Å². The van der Waals surface area contributed by atoms with E-state index in [9.17, 15) is 9.59 Å². The van der Waals surface area contributed by atoms with E-state index in [1.165, 1.54) is 4.90 Å². The molecule has 0 radical (unpaired) electrons. The number of benzene rings is 2. The van der Waals surface area contributed by atoms with Crippen molar-refractivity contribution in [3.8, 4) is 0 Å². The van der Waals surface area contributed by atoms with Gasteiger partial charge in [0, 0.05) is 17.4 Å². The highest BCUT2D eigenvalue weighted by Crippen LogP contribution is 2.47. The average molecular weight is 406 g/mol. The smallest absolute Gasteiger partial charge is 0.266 e. The van der Waals surface area contributed by atoms with Gasteiger partial charge in [-0.05, 0) is 48.0 Å². The van der Waals surface area contributed by atoms with Gasteiger partial charge in [-0.2, -0.15) is 0 Å². The van der Waals surface area contributed by atoms with Crippen LogP contribution in [0.5, 0.6) is 0 Å². The van der Waals surface area contributed by atoms with Crippen molar-refractivity contribution in [2.75, 3.05) is 9.96 Å². The number of imide groups is 1. The number of nitrogens with zero attached hydrogens (tertiary/aromatic N) is 3. The van der Waals surface area contributed by atoms with E-state index in [4.69, 9.17) is 16.4 Å². The highest BCUT2D eigenvalue weighted by atomic mass is 35.5. The lowest BCUT2D eigenvalue weighted by Gasteiger charge is -2.28. The monoisotopic (exact) mass is 405 g/mol. The van der Waals surface area contributed by atoms with Gasteiger partial charge >= 0.3 is 0 Å². The van der Waals surface area contributed by atoms with E-state index in [0.29, 0.717) is 10.7 Å². The molecule has 144 valence electrons. The molecule has 0 saturated carbocycles. The summed E-state index contributed by atoms with van der Waals surface area (Å²) < 4.78 is 0. The van der Waals surface area contributed by atoms with Gasteiger partial charge in [-0.25, -0.2) is 9.96 Å². The number of hydrogen-bond acceptors (Lipinski definition) is 5. The molecule has 3 aromatic rings. The van der Waals surface area contributed by atoms with Gasteiger partial charge in [0.15, 0.2) is 6.10 Å². The molecule has 0 bridgehead atoms. The Morgan fingerprint density at radius 3 is 2.31 bits per heavy atom. The quantitative estimate of drug-likeness (QED) is 0.620. The SMILES string of the molecule is O=C1C2ON(c3ccccc3)C(c3ccncc3)C2C(=O)N1c1cccc(Cl)c1. The van der Waals surface area contributed by atoms with Crippen molar-refractivity contribution in [2.24, 2.45) is 5.92 Å². The summed E-state index contributed by atoms with van der Waals surface area (Å²) in [6.45, 7) is 0. The Hall–Kier alpha value is -3.22. The minimum absolute atomic E-state index is 0.303. The molecule has 5 rings (SSSR count). The van der Waals surface area contributed by atoms with E-state index >= 15 is 0 Å². The van der Waals surface area contributed by atoms with Gasteiger partial charge in [0.05, 0.1) is 17.4 Å². The summed E-state index contributed by atoms with van der Waals surface area (Å²) in [5, 5.41) is 2.12. The Labute approximate surface area is 172 Å². The molecule has 3 heterocycles. The Kier molecular flexibility index (Phi) is 4.30. The molecule has 2 aliphatic heterocycles. The molecule has 0 N–H and O–H groups in total. The first kappa shape index (κ1) is 17.8. The van der Waals surface area contributed by atoms with Crippen LogP contribution in [-0.2, 0) is 14.4 Å². The van der Waals surface area contributed by atoms with Crippen LogP contribution in [0.25, 0.3) is 0 Å². The minimum atomic E-state index is -0.903. The molecule has 2 amide bonds. The molecule has 2 aliphatic rings. The molecule has 2 aromatic carbocycles. The van der Waals surface area contributed by atoms with Crippen molar-refractivity contribution < 1.29 is 14.4 Å². The second-order valence-corrected chi connectivity index (χ2v) is 7.37. The maximum Gasteiger partial charge on any atom is 0.266 e. The standard InChI is InChI=1S/C22H16ClN3O3/c23-15-5-4-8-17(13-15)25-21(27)18-19(14-9-11-24-12-10-14)26(29-20(18)22(25)28)16-6-2-1-3-7-16/h1-13,18-20H. The zero-order chi connectivity index (χ0) is 20.0. The van der Waals surface area contributed by atoms with E-state index in [1.807, 2.05) is 42.5 Å². The number of hydroxylamine groups is 1. The van der Waals surface area contributed by atoms with Gasteiger partial charge in [0.25, 0.3) is 5.91 Å². The fourth-order valence-electron chi connectivity index (χ4n) is 3.98. The van der Waals surface area contributed by atoms with Crippen LogP contribution in [0.15, 0.2) is 79.1 Å². The second-order valence-electron chi connectivity index (χ2n) is 6.93. The summed E-state index contributed by atoms with van der Waals surface area (Å²) >= 11 is 6.07. The normalized spacial score (nSPS) is 23.6. The highest BCUT2D eigenvalue weighted by molar-refractivity contribution is 6.31. The molecule has 3 atom stereocenters. The Morgan fingerprint density at radius 1 is 0.862 bits per heavy atom. The molecule has 2 saturated heterocycles. The number of anilines is 2. The molecule has 0 aliphatic carbocycles. The van der Waals surface area contributed by atoms with E-state index in [-0.39, 0.29) is 11.8 Å². The molecule has 2 fully saturated rings. The van der Waals surface area contributed by atoms with Gasteiger partial charge < -0.3 is 0 Å². The van der Waals surface area contributed by atoms with E-state index < -0.39 is 18.1 Å². The van der Waals surface area contributed by atoms with Crippen LogP contribution in [-0.4, -0.2) is 22.9 Å². The van der Waals surface area contributed by atoms with Gasteiger partial charge in [-0.15, -0.1) is 0 Å². The lowest BCUT2D eigenvalue weighted by atomic mass is 9.91. The number of carbonyl (C=O) groups excluding carboxylic acids is 2. The number of fused-ring (bicyclic) bond motifs is 1. The fourth-order valence-corrected chi connectivity index (χ4v) is 4.17. The molecule has 6 nitrogen and oxygen atoms in total. The summed E-state index contributed by atoms with van der Waals surface area (Å²) in [5.41, 5.74) is 2.08. The van der Waals surface area contributed by atoms with Crippen LogP contribution in [0.3, 0.4) is 0 Å². The Bertz CT molecular complexity index is 1080. The van der Waals surface area contributed by atoms with Crippen molar-refractivity contribution in [3.05, 3.63) is 89.7 Å². The third-order valence-corrected chi connectivity index (χ3v) is 5.48. The van der Waals surface area contributed by atoms with Crippen molar-refractivity contribution in [1.29, 1.82) is 0 Å². The predicted molar refractivity (Wildman–Crippen MR) is 108 cm³/mol. The molecular weight excluding hydrogens is 390 g/mol. The van der Waals surface area contributed by atoms with Gasteiger partial charge in [0.2, 0.25) is 5.91 Å². The van der Waals surface area contributed by atoms with Crippen LogP contribution < -0.4 is 9.96 Å². The number of hydrogen-bond donors (Lipinski definition) is 0. The largest absolute Gasteiger partial charge is 0.273 e. The van der Waals surface area contributed by atoms with E-state index in [0.717, 1.165) is 11.3 Å². The summed E-state index contributed by atoms with van der Waals surface area (Å²) in [5.74, 6) is -1.37.